The van der Waals surface area contributed by atoms with Crippen LogP contribution in [0.15, 0.2) is 83.8 Å². The molecule has 3 aromatic rings. The Labute approximate surface area is 215 Å². The van der Waals surface area contributed by atoms with E-state index in [1.54, 1.807) is 12.1 Å². The van der Waals surface area contributed by atoms with Gasteiger partial charge in [-0.1, -0.05) is 62.4 Å². The van der Waals surface area contributed by atoms with Gasteiger partial charge in [0, 0.05) is 19.0 Å². The van der Waals surface area contributed by atoms with Crippen LogP contribution in [-0.2, 0) is 27.6 Å². The van der Waals surface area contributed by atoms with Gasteiger partial charge in [-0.2, -0.15) is 21.6 Å². The standard InChI is InChI=1S/C28H28F3NO4S/c1-19(2)17-32(27(33)26-16-25(26)21-7-4-3-5-8-21)18-20-11-13-23(14-12-20)36-37(34,35)24-10-6-9-22(15-24)28(29,30)31/h3-15,19,25-26H,16-18H2,1-2H3. The summed E-state index contributed by atoms with van der Waals surface area (Å²) in [5.74, 6) is 0.490. The molecule has 4 rings (SSSR count). The summed E-state index contributed by atoms with van der Waals surface area (Å²) in [5.41, 5.74) is 0.871. The lowest BCUT2D eigenvalue weighted by atomic mass is 10.1. The van der Waals surface area contributed by atoms with E-state index in [9.17, 15) is 26.4 Å². The predicted octanol–water partition coefficient (Wildman–Crippen LogP) is 6.26. The third kappa shape index (κ3) is 6.71. The molecule has 0 bridgehead atoms. The van der Waals surface area contributed by atoms with E-state index in [4.69, 9.17) is 4.18 Å². The number of hydrogen-bond donors (Lipinski definition) is 0. The van der Waals surface area contributed by atoms with Crippen molar-refractivity contribution in [1.82, 2.24) is 4.90 Å². The summed E-state index contributed by atoms with van der Waals surface area (Å²) in [6, 6.07) is 19.5. The van der Waals surface area contributed by atoms with Gasteiger partial charge in [0.05, 0.1) is 5.56 Å². The molecule has 1 aliphatic rings. The Morgan fingerprint density at radius 3 is 2.30 bits per heavy atom. The molecule has 1 amide bonds. The maximum Gasteiger partial charge on any atom is 0.416 e. The summed E-state index contributed by atoms with van der Waals surface area (Å²) in [4.78, 5) is 14.5. The van der Waals surface area contributed by atoms with Crippen LogP contribution in [0.2, 0.25) is 0 Å². The van der Waals surface area contributed by atoms with Gasteiger partial charge in [-0.05, 0) is 59.7 Å². The Morgan fingerprint density at radius 1 is 1.00 bits per heavy atom. The largest absolute Gasteiger partial charge is 0.416 e. The molecule has 0 saturated heterocycles. The van der Waals surface area contributed by atoms with Crippen LogP contribution in [0.1, 0.15) is 42.9 Å². The predicted molar refractivity (Wildman–Crippen MR) is 133 cm³/mol. The fraction of sp³-hybridized carbons (Fsp3) is 0.321. The van der Waals surface area contributed by atoms with Crippen molar-refractivity contribution in [3.05, 3.63) is 95.6 Å². The van der Waals surface area contributed by atoms with Crippen LogP contribution in [0.5, 0.6) is 5.75 Å². The highest BCUT2D eigenvalue weighted by Crippen LogP contribution is 2.48. The fourth-order valence-electron chi connectivity index (χ4n) is 4.32. The molecule has 9 heteroatoms. The maximum absolute atomic E-state index is 13.3. The summed E-state index contributed by atoms with van der Waals surface area (Å²) >= 11 is 0. The van der Waals surface area contributed by atoms with Crippen molar-refractivity contribution in [1.29, 1.82) is 0 Å². The van der Waals surface area contributed by atoms with Crippen LogP contribution < -0.4 is 4.18 Å². The van der Waals surface area contributed by atoms with Gasteiger partial charge < -0.3 is 9.08 Å². The van der Waals surface area contributed by atoms with Crippen molar-refractivity contribution in [2.45, 2.75) is 43.8 Å². The van der Waals surface area contributed by atoms with Crippen molar-refractivity contribution >= 4 is 16.0 Å². The molecule has 196 valence electrons. The van der Waals surface area contributed by atoms with Gasteiger partial charge in [-0.3, -0.25) is 4.79 Å². The van der Waals surface area contributed by atoms with Gasteiger partial charge in [0.2, 0.25) is 5.91 Å². The van der Waals surface area contributed by atoms with Crippen molar-refractivity contribution in [2.75, 3.05) is 6.54 Å². The van der Waals surface area contributed by atoms with E-state index in [0.29, 0.717) is 19.2 Å². The number of rotatable bonds is 9. The lowest BCUT2D eigenvalue weighted by Crippen LogP contribution is -2.35. The first-order chi connectivity index (χ1) is 17.4. The number of hydrogen-bond acceptors (Lipinski definition) is 4. The molecule has 0 heterocycles. The van der Waals surface area contributed by atoms with E-state index < -0.39 is 26.8 Å². The first kappa shape index (κ1) is 26.7. The highest BCUT2D eigenvalue weighted by molar-refractivity contribution is 7.87. The number of nitrogens with zero attached hydrogens (tertiary/aromatic N) is 1. The molecule has 0 aromatic heterocycles. The summed E-state index contributed by atoms with van der Waals surface area (Å²) in [6.45, 7) is 5.02. The van der Waals surface area contributed by atoms with E-state index in [2.05, 4.69) is 0 Å². The Kier molecular flexibility index (Phi) is 7.64. The third-order valence-electron chi connectivity index (χ3n) is 6.19. The van der Waals surface area contributed by atoms with E-state index in [1.807, 2.05) is 49.1 Å². The lowest BCUT2D eigenvalue weighted by Gasteiger charge is -2.25. The third-order valence-corrected chi connectivity index (χ3v) is 7.43. The smallest absolute Gasteiger partial charge is 0.379 e. The number of amides is 1. The molecule has 1 aliphatic carbocycles. The van der Waals surface area contributed by atoms with Gasteiger partial charge in [0.15, 0.2) is 0 Å². The van der Waals surface area contributed by atoms with Crippen LogP contribution in [-0.4, -0.2) is 25.8 Å². The average molecular weight is 532 g/mol. The first-order valence-electron chi connectivity index (χ1n) is 12.0. The van der Waals surface area contributed by atoms with Gasteiger partial charge in [-0.15, -0.1) is 0 Å². The molecule has 2 unspecified atom stereocenters. The minimum absolute atomic E-state index is 0.0331. The van der Waals surface area contributed by atoms with Gasteiger partial charge >= 0.3 is 16.3 Å². The molecule has 3 aromatic carbocycles. The average Bonchev–Trinajstić information content (AvgIpc) is 3.65. The zero-order valence-electron chi connectivity index (χ0n) is 20.5. The molecular formula is C28H28F3NO4S. The summed E-state index contributed by atoms with van der Waals surface area (Å²) < 4.78 is 69.0. The van der Waals surface area contributed by atoms with Crippen LogP contribution in [0.4, 0.5) is 13.2 Å². The van der Waals surface area contributed by atoms with Crippen LogP contribution in [0, 0.1) is 11.8 Å². The van der Waals surface area contributed by atoms with Crippen molar-refractivity contribution < 1.29 is 30.6 Å². The molecule has 0 spiro atoms. The summed E-state index contributed by atoms with van der Waals surface area (Å²) in [6.07, 6.45) is -3.86. The zero-order valence-corrected chi connectivity index (χ0v) is 21.3. The number of carbonyl (C=O) groups excluding carboxylic acids is 1. The number of alkyl halides is 3. The summed E-state index contributed by atoms with van der Waals surface area (Å²) in [5, 5.41) is 0. The topological polar surface area (TPSA) is 63.7 Å². The second-order valence-corrected chi connectivity index (χ2v) is 11.2. The Morgan fingerprint density at radius 2 is 1.68 bits per heavy atom. The van der Waals surface area contributed by atoms with Crippen molar-refractivity contribution in [3.8, 4) is 5.75 Å². The van der Waals surface area contributed by atoms with E-state index in [-0.39, 0.29) is 29.4 Å². The van der Waals surface area contributed by atoms with Crippen LogP contribution in [0.3, 0.4) is 0 Å². The van der Waals surface area contributed by atoms with Gasteiger partial charge in [-0.25, -0.2) is 0 Å². The maximum atomic E-state index is 13.3. The second kappa shape index (κ2) is 10.6. The normalized spacial score (nSPS) is 17.5. The lowest BCUT2D eigenvalue weighted by molar-refractivity contribution is -0.137. The van der Waals surface area contributed by atoms with E-state index in [0.717, 1.165) is 35.7 Å². The Hall–Kier alpha value is -3.33. The quantitative estimate of drug-likeness (QED) is 0.306. The molecule has 5 nitrogen and oxygen atoms in total. The van der Waals surface area contributed by atoms with Crippen LogP contribution >= 0.6 is 0 Å². The van der Waals surface area contributed by atoms with E-state index in [1.165, 1.54) is 12.1 Å². The molecule has 0 radical (unpaired) electrons. The Bertz CT molecular complexity index is 1340. The number of carbonyl (C=O) groups is 1. The molecule has 1 saturated carbocycles. The van der Waals surface area contributed by atoms with Gasteiger partial charge in [0.1, 0.15) is 10.6 Å². The molecule has 0 aliphatic heterocycles. The first-order valence-corrected chi connectivity index (χ1v) is 13.4. The Balaban J connectivity index is 1.44. The number of benzene rings is 3. The SMILES string of the molecule is CC(C)CN(Cc1ccc(OS(=O)(=O)c2cccc(C(F)(F)F)c2)cc1)C(=O)C1CC1c1ccccc1. The van der Waals surface area contributed by atoms with E-state index >= 15 is 0 Å². The monoisotopic (exact) mass is 531 g/mol. The molecular weight excluding hydrogens is 503 g/mol. The highest BCUT2D eigenvalue weighted by Gasteiger charge is 2.45. The molecule has 1 fully saturated rings. The van der Waals surface area contributed by atoms with Crippen molar-refractivity contribution in [3.63, 3.8) is 0 Å². The molecule has 2 atom stereocenters. The van der Waals surface area contributed by atoms with Crippen molar-refractivity contribution in [2.24, 2.45) is 11.8 Å². The highest BCUT2D eigenvalue weighted by atomic mass is 32.2. The minimum Gasteiger partial charge on any atom is -0.379 e. The minimum atomic E-state index is -4.67. The molecule has 0 N–H and O–H groups in total. The van der Waals surface area contributed by atoms with Crippen LogP contribution in [0.25, 0.3) is 0 Å². The summed E-state index contributed by atoms with van der Waals surface area (Å²) in [7, 11) is -4.46. The zero-order chi connectivity index (χ0) is 26.8. The van der Waals surface area contributed by atoms with Gasteiger partial charge in [0.25, 0.3) is 0 Å². The fourth-order valence-corrected chi connectivity index (χ4v) is 5.30. The second-order valence-electron chi connectivity index (χ2n) is 9.68. The number of halogens is 3. The molecule has 37 heavy (non-hydrogen) atoms.